The van der Waals surface area contributed by atoms with Crippen molar-refractivity contribution in [3.63, 3.8) is 0 Å². The van der Waals surface area contributed by atoms with Gasteiger partial charge in [-0.1, -0.05) is 52.7 Å². The zero-order chi connectivity index (χ0) is 17.3. The van der Waals surface area contributed by atoms with Gasteiger partial charge in [0.1, 0.15) is 6.54 Å². The first-order chi connectivity index (χ1) is 11.5. The summed E-state index contributed by atoms with van der Waals surface area (Å²) in [5.74, 6) is -0.308. The van der Waals surface area contributed by atoms with Gasteiger partial charge >= 0.3 is 0 Å². The number of hydrogen-bond acceptors (Lipinski definition) is 2. The second kappa shape index (κ2) is 6.95. The van der Waals surface area contributed by atoms with Crippen molar-refractivity contribution in [3.05, 3.63) is 63.1 Å². The van der Waals surface area contributed by atoms with Gasteiger partial charge in [-0.05, 0) is 29.8 Å². The van der Waals surface area contributed by atoms with Gasteiger partial charge in [0.05, 0.1) is 6.04 Å². The number of fused-ring (bicyclic) bond motifs is 1. The maximum atomic E-state index is 12.5. The van der Waals surface area contributed by atoms with Crippen molar-refractivity contribution in [3.8, 4) is 0 Å². The van der Waals surface area contributed by atoms with E-state index in [0.29, 0.717) is 17.1 Å². The topological polar surface area (TPSA) is 49.4 Å². The van der Waals surface area contributed by atoms with Gasteiger partial charge in [-0.2, -0.15) is 0 Å². The quantitative estimate of drug-likeness (QED) is 0.803. The number of anilines is 1. The lowest BCUT2D eigenvalue weighted by Gasteiger charge is -2.31. The molecule has 124 valence electrons. The Morgan fingerprint density at radius 1 is 1.29 bits per heavy atom. The fourth-order valence-electron chi connectivity index (χ4n) is 2.94. The largest absolute Gasteiger partial charge is 0.324 e. The summed E-state index contributed by atoms with van der Waals surface area (Å²) in [6, 6.07) is 12.6. The predicted octanol–water partition coefficient (Wildman–Crippen LogP) is 4.38. The number of rotatable bonds is 2. The minimum Gasteiger partial charge on any atom is -0.324 e. The fourth-order valence-corrected chi connectivity index (χ4v) is 3.56. The average Bonchev–Trinajstić information content (AvgIpc) is 2.70. The van der Waals surface area contributed by atoms with Gasteiger partial charge in [-0.15, -0.1) is 0 Å². The first-order valence-corrected chi connectivity index (χ1v) is 8.81. The van der Waals surface area contributed by atoms with E-state index < -0.39 is 6.04 Å². The monoisotopic (exact) mass is 406 g/mol. The molecule has 1 aliphatic rings. The normalized spacial score (nSPS) is 17.0. The Hall–Kier alpha value is -1.85. The van der Waals surface area contributed by atoms with Gasteiger partial charge in [-0.3, -0.25) is 9.59 Å². The van der Waals surface area contributed by atoms with Crippen molar-refractivity contribution in [2.75, 3.05) is 11.9 Å². The number of nitrogens with one attached hydrogen (secondary N) is 1. The number of hydrogen-bond donors (Lipinski definition) is 1. The number of benzene rings is 2. The van der Waals surface area contributed by atoms with Crippen LogP contribution in [-0.2, 0) is 9.59 Å². The molecule has 4 nitrogen and oxygen atoms in total. The summed E-state index contributed by atoms with van der Waals surface area (Å²) < 4.78 is 0.873. The van der Waals surface area contributed by atoms with E-state index in [2.05, 4.69) is 21.2 Å². The molecule has 0 radical (unpaired) electrons. The molecule has 6 heteroatoms. The average molecular weight is 408 g/mol. The predicted molar refractivity (Wildman–Crippen MR) is 98.1 cm³/mol. The fraction of sp³-hybridized carbons (Fsp3) is 0.222. The number of carbonyl (C=O) groups is 2. The molecule has 0 aromatic heterocycles. The molecule has 24 heavy (non-hydrogen) atoms. The van der Waals surface area contributed by atoms with E-state index in [1.807, 2.05) is 36.4 Å². The van der Waals surface area contributed by atoms with Crippen LogP contribution in [0.3, 0.4) is 0 Å². The van der Waals surface area contributed by atoms with E-state index in [4.69, 9.17) is 11.6 Å². The highest BCUT2D eigenvalue weighted by atomic mass is 79.9. The zero-order valence-electron chi connectivity index (χ0n) is 13.1. The Morgan fingerprint density at radius 3 is 2.75 bits per heavy atom. The zero-order valence-corrected chi connectivity index (χ0v) is 15.4. The van der Waals surface area contributed by atoms with E-state index in [1.54, 1.807) is 17.9 Å². The molecular weight excluding hydrogens is 392 g/mol. The maximum Gasteiger partial charge on any atom is 0.244 e. The third-order valence-corrected chi connectivity index (χ3v) is 4.87. The Labute approximate surface area is 153 Å². The van der Waals surface area contributed by atoms with Crippen LogP contribution in [-0.4, -0.2) is 23.3 Å². The third-order valence-electron chi connectivity index (χ3n) is 4.03. The molecule has 0 spiro atoms. The van der Waals surface area contributed by atoms with Crippen molar-refractivity contribution in [2.45, 2.75) is 19.4 Å². The number of carbonyl (C=O) groups excluding carboxylic acids is 2. The summed E-state index contributed by atoms with van der Waals surface area (Å²) in [7, 11) is 0. The minimum atomic E-state index is -0.419. The summed E-state index contributed by atoms with van der Waals surface area (Å²) in [6.45, 7) is 1.78. The molecular formula is C18H16BrClN2O2. The molecule has 0 aliphatic carbocycles. The summed E-state index contributed by atoms with van der Waals surface area (Å²) in [6.07, 6.45) is 0.317. The molecule has 0 unspecified atom stereocenters. The molecule has 1 aliphatic heterocycles. The van der Waals surface area contributed by atoms with Crippen LogP contribution >= 0.6 is 27.5 Å². The Bertz CT molecular complexity index is 809. The van der Waals surface area contributed by atoms with E-state index >= 15 is 0 Å². The molecule has 2 aromatic rings. The van der Waals surface area contributed by atoms with Gasteiger partial charge in [0.15, 0.2) is 0 Å². The van der Waals surface area contributed by atoms with E-state index in [1.165, 1.54) is 0 Å². The molecule has 3 rings (SSSR count). The lowest BCUT2D eigenvalue weighted by atomic mass is 9.95. The Kier molecular flexibility index (Phi) is 4.92. The van der Waals surface area contributed by atoms with Crippen molar-refractivity contribution >= 4 is 45.0 Å². The van der Waals surface area contributed by atoms with Crippen molar-refractivity contribution in [1.82, 2.24) is 4.90 Å². The highest BCUT2D eigenvalue weighted by Crippen LogP contribution is 2.39. The Morgan fingerprint density at radius 2 is 2.04 bits per heavy atom. The first kappa shape index (κ1) is 17.0. The summed E-state index contributed by atoms with van der Waals surface area (Å²) in [5, 5.41) is 3.45. The summed E-state index contributed by atoms with van der Waals surface area (Å²) in [4.78, 5) is 26.4. The summed E-state index contributed by atoms with van der Waals surface area (Å²) in [5.41, 5.74) is 2.33. The molecule has 1 N–H and O–H groups in total. The lowest BCUT2D eigenvalue weighted by Crippen LogP contribution is -2.38. The van der Waals surface area contributed by atoms with Crippen molar-refractivity contribution in [2.24, 2.45) is 0 Å². The SMILES string of the molecule is CCC(=O)N1CC(=O)Nc2ccc(Br)cc2[C@@H]1c1ccccc1Cl. The number of nitrogens with zero attached hydrogens (tertiary/aromatic N) is 1. The Balaban J connectivity index is 2.25. The maximum absolute atomic E-state index is 12.5. The standard InChI is InChI=1S/C18H16BrClN2O2/c1-2-17(24)22-10-16(23)21-15-8-7-11(19)9-13(15)18(22)12-5-3-4-6-14(12)20/h3-9,18H,2,10H2,1H3,(H,21,23)/t18-/m0/s1. The van der Waals surface area contributed by atoms with Crippen molar-refractivity contribution in [1.29, 1.82) is 0 Å². The van der Waals surface area contributed by atoms with Crippen LogP contribution in [0.5, 0.6) is 0 Å². The number of amides is 2. The van der Waals surface area contributed by atoms with Crippen LogP contribution < -0.4 is 5.32 Å². The molecule has 2 amide bonds. The summed E-state index contributed by atoms with van der Waals surface area (Å²) >= 11 is 9.89. The molecule has 0 saturated heterocycles. The van der Waals surface area contributed by atoms with Crippen LogP contribution in [0.15, 0.2) is 46.9 Å². The highest BCUT2D eigenvalue weighted by Gasteiger charge is 2.33. The first-order valence-electron chi connectivity index (χ1n) is 7.64. The molecule has 2 aromatic carbocycles. The number of halogens is 2. The lowest BCUT2D eigenvalue weighted by molar-refractivity contribution is -0.135. The highest BCUT2D eigenvalue weighted by molar-refractivity contribution is 9.10. The molecule has 0 saturated carbocycles. The smallest absolute Gasteiger partial charge is 0.244 e. The van der Waals surface area contributed by atoms with E-state index in [-0.39, 0.29) is 18.4 Å². The van der Waals surface area contributed by atoms with Crippen LogP contribution in [0, 0.1) is 0 Å². The molecule has 1 heterocycles. The van der Waals surface area contributed by atoms with Gasteiger partial charge in [0.2, 0.25) is 11.8 Å². The van der Waals surface area contributed by atoms with Gasteiger partial charge in [0, 0.05) is 27.2 Å². The van der Waals surface area contributed by atoms with Crippen LogP contribution in [0.4, 0.5) is 5.69 Å². The molecule has 0 fully saturated rings. The van der Waals surface area contributed by atoms with Crippen LogP contribution in [0.1, 0.15) is 30.5 Å². The van der Waals surface area contributed by atoms with Crippen LogP contribution in [0.2, 0.25) is 5.02 Å². The second-order valence-electron chi connectivity index (χ2n) is 5.58. The van der Waals surface area contributed by atoms with Crippen LogP contribution in [0.25, 0.3) is 0 Å². The minimum absolute atomic E-state index is 0.00510. The van der Waals surface area contributed by atoms with Crippen molar-refractivity contribution < 1.29 is 9.59 Å². The molecule has 0 bridgehead atoms. The van der Waals surface area contributed by atoms with Gasteiger partial charge < -0.3 is 10.2 Å². The van der Waals surface area contributed by atoms with Gasteiger partial charge in [0.25, 0.3) is 0 Å². The van der Waals surface area contributed by atoms with E-state index in [9.17, 15) is 9.59 Å². The third kappa shape index (κ3) is 3.19. The molecule has 1 atom stereocenters. The van der Waals surface area contributed by atoms with E-state index in [0.717, 1.165) is 15.6 Å². The second-order valence-corrected chi connectivity index (χ2v) is 6.90. The van der Waals surface area contributed by atoms with Gasteiger partial charge in [-0.25, -0.2) is 0 Å².